The molecule has 0 saturated carbocycles. The molecule has 2 rings (SSSR count). The molecule has 0 radical (unpaired) electrons. The summed E-state index contributed by atoms with van der Waals surface area (Å²) in [6.45, 7) is 4.44. The molecule has 18 heavy (non-hydrogen) atoms. The molecule has 1 aliphatic heterocycles. The molecule has 1 aliphatic rings. The van der Waals surface area contributed by atoms with Gasteiger partial charge in [0, 0.05) is 30.1 Å². The topological polar surface area (TPSA) is 32.3 Å². The molecule has 0 spiro atoms. The SMILES string of the molecule is C[C@H]1CNCCN1C(=O)c1ccc(Br)cc1Cl.Cl. The Bertz CT molecular complexity index is 442. The smallest absolute Gasteiger partial charge is 0.255 e. The summed E-state index contributed by atoms with van der Waals surface area (Å²) in [6, 6.07) is 5.56. The quantitative estimate of drug-likeness (QED) is 0.841. The van der Waals surface area contributed by atoms with Crippen LogP contribution >= 0.6 is 39.9 Å². The molecule has 1 aromatic carbocycles. The minimum atomic E-state index is 0. The lowest BCUT2D eigenvalue weighted by Gasteiger charge is -2.34. The monoisotopic (exact) mass is 352 g/mol. The van der Waals surface area contributed by atoms with Gasteiger partial charge in [0.25, 0.3) is 5.91 Å². The average molecular weight is 354 g/mol. The van der Waals surface area contributed by atoms with E-state index in [9.17, 15) is 4.79 Å². The highest BCUT2D eigenvalue weighted by Crippen LogP contribution is 2.23. The number of rotatable bonds is 1. The summed E-state index contributed by atoms with van der Waals surface area (Å²) >= 11 is 9.43. The van der Waals surface area contributed by atoms with E-state index in [1.54, 1.807) is 12.1 Å². The number of nitrogens with one attached hydrogen (secondary N) is 1. The molecule has 1 atom stereocenters. The van der Waals surface area contributed by atoms with Gasteiger partial charge in [0.05, 0.1) is 10.6 Å². The van der Waals surface area contributed by atoms with Crippen LogP contribution in [-0.2, 0) is 0 Å². The van der Waals surface area contributed by atoms with Gasteiger partial charge in [-0.05, 0) is 25.1 Å². The molecule has 1 aromatic rings. The van der Waals surface area contributed by atoms with Crippen LogP contribution in [0.2, 0.25) is 5.02 Å². The lowest BCUT2D eigenvalue weighted by molar-refractivity contribution is 0.0656. The van der Waals surface area contributed by atoms with Crippen molar-refractivity contribution in [1.29, 1.82) is 0 Å². The second-order valence-corrected chi connectivity index (χ2v) is 5.50. The highest BCUT2D eigenvalue weighted by molar-refractivity contribution is 9.10. The molecular weight excluding hydrogens is 339 g/mol. The van der Waals surface area contributed by atoms with Crippen molar-refractivity contribution >= 4 is 45.8 Å². The molecule has 1 saturated heterocycles. The van der Waals surface area contributed by atoms with Gasteiger partial charge in [-0.1, -0.05) is 27.5 Å². The normalized spacial score (nSPS) is 19.3. The Labute approximate surface area is 126 Å². The van der Waals surface area contributed by atoms with Gasteiger partial charge >= 0.3 is 0 Å². The van der Waals surface area contributed by atoms with Gasteiger partial charge in [0.15, 0.2) is 0 Å². The number of benzene rings is 1. The molecule has 1 amide bonds. The number of halogens is 3. The lowest BCUT2D eigenvalue weighted by Crippen LogP contribution is -2.52. The van der Waals surface area contributed by atoms with Crippen LogP contribution in [0.15, 0.2) is 22.7 Å². The maximum Gasteiger partial charge on any atom is 0.255 e. The van der Waals surface area contributed by atoms with E-state index in [1.807, 2.05) is 17.9 Å². The first-order valence-corrected chi connectivity index (χ1v) is 6.73. The van der Waals surface area contributed by atoms with E-state index < -0.39 is 0 Å². The third-order valence-electron chi connectivity index (χ3n) is 2.92. The maximum absolute atomic E-state index is 12.3. The van der Waals surface area contributed by atoms with Gasteiger partial charge in [-0.15, -0.1) is 12.4 Å². The van der Waals surface area contributed by atoms with Crippen molar-refractivity contribution in [3.05, 3.63) is 33.3 Å². The van der Waals surface area contributed by atoms with E-state index in [0.29, 0.717) is 10.6 Å². The minimum Gasteiger partial charge on any atom is -0.333 e. The van der Waals surface area contributed by atoms with E-state index in [2.05, 4.69) is 21.2 Å². The Kier molecular flexibility index (Phi) is 5.92. The molecule has 100 valence electrons. The molecule has 1 fully saturated rings. The third kappa shape index (κ3) is 3.38. The van der Waals surface area contributed by atoms with E-state index in [1.165, 1.54) is 0 Å². The fourth-order valence-electron chi connectivity index (χ4n) is 1.96. The summed E-state index contributed by atoms with van der Waals surface area (Å²) in [5.41, 5.74) is 0.573. The molecule has 3 nitrogen and oxygen atoms in total. The number of hydrogen-bond acceptors (Lipinski definition) is 2. The van der Waals surface area contributed by atoms with Crippen molar-refractivity contribution in [2.45, 2.75) is 13.0 Å². The van der Waals surface area contributed by atoms with E-state index >= 15 is 0 Å². The Morgan fingerprint density at radius 3 is 2.89 bits per heavy atom. The van der Waals surface area contributed by atoms with Crippen molar-refractivity contribution in [3.63, 3.8) is 0 Å². The number of piperazine rings is 1. The zero-order chi connectivity index (χ0) is 12.4. The zero-order valence-electron chi connectivity index (χ0n) is 9.95. The number of carbonyl (C=O) groups excluding carboxylic acids is 1. The summed E-state index contributed by atoms with van der Waals surface area (Å²) < 4.78 is 0.882. The number of hydrogen-bond donors (Lipinski definition) is 1. The average Bonchev–Trinajstić information content (AvgIpc) is 2.29. The molecule has 0 aliphatic carbocycles. The van der Waals surface area contributed by atoms with Crippen LogP contribution in [0.25, 0.3) is 0 Å². The summed E-state index contributed by atoms with van der Waals surface area (Å²) in [6.07, 6.45) is 0. The van der Waals surface area contributed by atoms with Crippen LogP contribution in [0.4, 0.5) is 0 Å². The second kappa shape index (κ2) is 6.75. The van der Waals surface area contributed by atoms with Crippen molar-refractivity contribution < 1.29 is 4.79 Å². The predicted octanol–water partition coefficient (Wildman–Crippen LogP) is 2.96. The summed E-state index contributed by atoms with van der Waals surface area (Å²) in [5.74, 6) is 0.0106. The van der Waals surface area contributed by atoms with Gasteiger partial charge in [-0.25, -0.2) is 0 Å². The lowest BCUT2D eigenvalue weighted by atomic mass is 10.1. The number of amides is 1. The summed E-state index contributed by atoms with van der Waals surface area (Å²) in [5, 5.41) is 3.76. The largest absolute Gasteiger partial charge is 0.333 e. The third-order valence-corrected chi connectivity index (χ3v) is 3.73. The van der Waals surface area contributed by atoms with E-state index in [4.69, 9.17) is 11.6 Å². The van der Waals surface area contributed by atoms with Crippen molar-refractivity contribution in [2.24, 2.45) is 0 Å². The molecule has 1 heterocycles. The maximum atomic E-state index is 12.3. The fourth-order valence-corrected chi connectivity index (χ4v) is 2.71. The first-order chi connectivity index (χ1) is 8.09. The number of nitrogens with zero attached hydrogens (tertiary/aromatic N) is 1. The van der Waals surface area contributed by atoms with Gasteiger partial charge in [-0.2, -0.15) is 0 Å². The van der Waals surface area contributed by atoms with Gasteiger partial charge < -0.3 is 10.2 Å². The Morgan fingerprint density at radius 1 is 1.56 bits per heavy atom. The molecule has 0 bridgehead atoms. The summed E-state index contributed by atoms with van der Waals surface area (Å²) in [4.78, 5) is 14.2. The first kappa shape index (κ1) is 15.8. The van der Waals surface area contributed by atoms with E-state index in [0.717, 1.165) is 24.1 Å². The highest BCUT2D eigenvalue weighted by atomic mass is 79.9. The van der Waals surface area contributed by atoms with Crippen LogP contribution in [0, 0.1) is 0 Å². The van der Waals surface area contributed by atoms with Crippen LogP contribution < -0.4 is 5.32 Å². The van der Waals surface area contributed by atoms with Crippen LogP contribution in [0.5, 0.6) is 0 Å². The zero-order valence-corrected chi connectivity index (χ0v) is 13.1. The molecule has 0 unspecified atom stereocenters. The van der Waals surface area contributed by atoms with Crippen LogP contribution in [0.1, 0.15) is 17.3 Å². The first-order valence-electron chi connectivity index (χ1n) is 5.56. The summed E-state index contributed by atoms with van der Waals surface area (Å²) in [7, 11) is 0. The molecule has 0 aromatic heterocycles. The van der Waals surface area contributed by atoms with Crippen molar-refractivity contribution in [1.82, 2.24) is 10.2 Å². The van der Waals surface area contributed by atoms with Gasteiger partial charge in [0.1, 0.15) is 0 Å². The molecule has 6 heteroatoms. The fraction of sp³-hybridized carbons (Fsp3) is 0.417. The van der Waals surface area contributed by atoms with Crippen LogP contribution in [0.3, 0.4) is 0 Å². The van der Waals surface area contributed by atoms with Crippen LogP contribution in [-0.4, -0.2) is 36.5 Å². The predicted molar refractivity (Wildman–Crippen MR) is 79.8 cm³/mol. The Balaban J connectivity index is 0.00000162. The van der Waals surface area contributed by atoms with Gasteiger partial charge in [0.2, 0.25) is 0 Å². The Morgan fingerprint density at radius 2 is 2.28 bits per heavy atom. The molecule has 1 N–H and O–H groups in total. The highest BCUT2D eigenvalue weighted by Gasteiger charge is 2.25. The molecular formula is C12H15BrCl2N2O. The number of carbonyl (C=O) groups is 1. The van der Waals surface area contributed by atoms with Crippen molar-refractivity contribution in [3.8, 4) is 0 Å². The van der Waals surface area contributed by atoms with Gasteiger partial charge in [-0.3, -0.25) is 4.79 Å². The minimum absolute atomic E-state index is 0. The standard InChI is InChI=1S/C12H14BrClN2O.ClH/c1-8-7-15-4-5-16(8)12(17)10-3-2-9(13)6-11(10)14;/h2-3,6,8,15H,4-5,7H2,1H3;1H/t8-;/m0./s1. The van der Waals surface area contributed by atoms with E-state index in [-0.39, 0.29) is 24.4 Å². The second-order valence-electron chi connectivity index (χ2n) is 4.18. The van der Waals surface area contributed by atoms with Crippen molar-refractivity contribution in [2.75, 3.05) is 19.6 Å². The Hall–Kier alpha value is -0.290.